The van der Waals surface area contributed by atoms with Crippen LogP contribution in [-0.2, 0) is 28.7 Å². The first-order valence-electron chi connectivity index (χ1n) is 10.4. The fourth-order valence-electron chi connectivity index (χ4n) is 3.18. The Morgan fingerprint density at radius 3 is 2.17 bits per heavy atom. The van der Waals surface area contributed by atoms with Gasteiger partial charge in [-0.05, 0) is 37.8 Å². The van der Waals surface area contributed by atoms with E-state index >= 15 is 0 Å². The van der Waals surface area contributed by atoms with Crippen molar-refractivity contribution in [1.82, 2.24) is 0 Å². The van der Waals surface area contributed by atoms with Crippen LogP contribution in [0.1, 0.15) is 52.4 Å². The van der Waals surface area contributed by atoms with Crippen molar-refractivity contribution in [2.75, 3.05) is 18.3 Å². The minimum absolute atomic E-state index is 0.254. The summed E-state index contributed by atoms with van der Waals surface area (Å²) in [6.45, 7) is 4.50. The third-order valence-corrected chi connectivity index (χ3v) is 4.84. The Morgan fingerprint density at radius 1 is 1.07 bits per heavy atom. The van der Waals surface area contributed by atoms with Gasteiger partial charge in [0.05, 0.1) is 24.9 Å². The lowest BCUT2D eigenvalue weighted by atomic mass is 9.92. The average molecular weight is 405 g/mol. The standard InChI is InChI=1S/C22H31NO6/c1-3-5-14-27-21(25)20(22(26)28-15-6-4-2)19-13-12-18(16-24)29-23(19)17-10-8-7-9-11-17/h7-11,16,18-20H,3-6,12-15H2,1-2H3/t18-,19-/m1/s1. The molecule has 7 heteroatoms. The van der Waals surface area contributed by atoms with Crippen molar-refractivity contribution in [3.63, 3.8) is 0 Å². The van der Waals surface area contributed by atoms with Crippen LogP contribution < -0.4 is 5.06 Å². The Balaban J connectivity index is 2.27. The first-order valence-corrected chi connectivity index (χ1v) is 10.4. The van der Waals surface area contributed by atoms with Gasteiger partial charge in [0.1, 0.15) is 6.10 Å². The lowest BCUT2D eigenvalue weighted by molar-refractivity contribution is -0.166. The van der Waals surface area contributed by atoms with Crippen LogP contribution in [0.2, 0.25) is 0 Å². The molecule has 0 bridgehead atoms. The number of hydroxylamine groups is 1. The molecule has 0 aromatic heterocycles. The van der Waals surface area contributed by atoms with Crippen LogP contribution in [-0.4, -0.2) is 43.6 Å². The zero-order valence-corrected chi connectivity index (χ0v) is 17.2. The van der Waals surface area contributed by atoms with E-state index in [1.807, 2.05) is 44.2 Å². The summed E-state index contributed by atoms with van der Waals surface area (Å²) in [5, 5.41) is 1.50. The quantitative estimate of drug-likeness (QED) is 0.241. The van der Waals surface area contributed by atoms with Gasteiger partial charge in [0.15, 0.2) is 12.2 Å². The Hall–Kier alpha value is -2.41. The molecule has 0 spiro atoms. The number of aldehydes is 1. The summed E-state index contributed by atoms with van der Waals surface area (Å²) in [4.78, 5) is 42.8. The molecule has 1 aliphatic heterocycles. The van der Waals surface area contributed by atoms with E-state index in [1.165, 1.54) is 5.06 Å². The highest BCUT2D eigenvalue weighted by Gasteiger charge is 2.44. The molecule has 0 aliphatic carbocycles. The smallest absolute Gasteiger partial charge is 0.322 e. The molecule has 1 heterocycles. The molecular weight excluding hydrogens is 374 g/mol. The molecule has 1 saturated heterocycles. The van der Waals surface area contributed by atoms with E-state index in [2.05, 4.69) is 0 Å². The van der Waals surface area contributed by atoms with Gasteiger partial charge < -0.3 is 14.3 Å². The maximum Gasteiger partial charge on any atom is 0.322 e. The number of ether oxygens (including phenoxy) is 2. The van der Waals surface area contributed by atoms with Crippen molar-refractivity contribution in [2.24, 2.45) is 5.92 Å². The second-order valence-corrected chi connectivity index (χ2v) is 7.11. The predicted octanol–water partition coefficient (Wildman–Crippen LogP) is 3.46. The second-order valence-electron chi connectivity index (χ2n) is 7.11. The van der Waals surface area contributed by atoms with Gasteiger partial charge in [-0.3, -0.25) is 14.4 Å². The van der Waals surface area contributed by atoms with Gasteiger partial charge in [0.25, 0.3) is 0 Å². The number of esters is 2. The monoisotopic (exact) mass is 405 g/mol. The molecule has 7 nitrogen and oxygen atoms in total. The van der Waals surface area contributed by atoms with E-state index in [-0.39, 0.29) is 13.2 Å². The maximum atomic E-state index is 12.8. The number of nitrogens with zero attached hydrogens (tertiary/aromatic N) is 1. The molecule has 1 aromatic rings. The molecule has 2 rings (SSSR count). The zero-order chi connectivity index (χ0) is 21.1. The molecule has 0 unspecified atom stereocenters. The van der Waals surface area contributed by atoms with Crippen LogP contribution in [0.25, 0.3) is 0 Å². The van der Waals surface area contributed by atoms with Crippen LogP contribution in [0, 0.1) is 5.92 Å². The van der Waals surface area contributed by atoms with E-state index in [1.54, 1.807) is 0 Å². The lowest BCUT2D eigenvalue weighted by Crippen LogP contribution is -2.53. The number of benzene rings is 1. The van der Waals surface area contributed by atoms with Crippen LogP contribution in [0.15, 0.2) is 30.3 Å². The summed E-state index contributed by atoms with van der Waals surface area (Å²) in [6.07, 6.45) is 4.15. The predicted molar refractivity (Wildman–Crippen MR) is 108 cm³/mol. The Labute approximate surface area is 172 Å². The minimum atomic E-state index is -1.14. The maximum absolute atomic E-state index is 12.8. The summed E-state index contributed by atoms with van der Waals surface area (Å²) < 4.78 is 10.7. The largest absolute Gasteiger partial charge is 0.465 e. The molecule has 0 saturated carbocycles. The van der Waals surface area contributed by atoms with Gasteiger partial charge >= 0.3 is 11.9 Å². The van der Waals surface area contributed by atoms with Crippen LogP contribution in [0.4, 0.5) is 5.69 Å². The number of rotatable bonds is 11. The number of carbonyl (C=O) groups excluding carboxylic acids is 3. The Bertz CT molecular complexity index is 628. The molecule has 0 N–H and O–H groups in total. The average Bonchev–Trinajstić information content (AvgIpc) is 2.75. The summed E-state index contributed by atoms with van der Waals surface area (Å²) in [6, 6.07) is 8.51. The van der Waals surface area contributed by atoms with Crippen LogP contribution in [0.5, 0.6) is 0 Å². The molecule has 1 fully saturated rings. The van der Waals surface area contributed by atoms with Crippen molar-refractivity contribution >= 4 is 23.9 Å². The molecule has 2 atom stereocenters. The molecule has 1 aromatic carbocycles. The molecule has 0 radical (unpaired) electrons. The van der Waals surface area contributed by atoms with Gasteiger partial charge in [0.2, 0.25) is 0 Å². The normalized spacial score (nSPS) is 19.1. The van der Waals surface area contributed by atoms with Gasteiger partial charge in [0, 0.05) is 0 Å². The van der Waals surface area contributed by atoms with Gasteiger partial charge in [-0.2, -0.15) is 0 Å². The molecule has 29 heavy (non-hydrogen) atoms. The second kappa shape index (κ2) is 12.2. The Kier molecular flexibility index (Phi) is 9.64. The number of hydrogen-bond acceptors (Lipinski definition) is 7. The number of hydrogen-bond donors (Lipinski definition) is 0. The van der Waals surface area contributed by atoms with E-state index in [4.69, 9.17) is 14.3 Å². The Morgan fingerprint density at radius 2 is 1.66 bits per heavy atom. The summed E-state index contributed by atoms with van der Waals surface area (Å²) in [5.74, 6) is -2.37. The minimum Gasteiger partial charge on any atom is -0.465 e. The van der Waals surface area contributed by atoms with E-state index in [0.29, 0.717) is 18.5 Å². The van der Waals surface area contributed by atoms with E-state index in [0.717, 1.165) is 32.0 Å². The fraction of sp³-hybridized carbons (Fsp3) is 0.591. The number of anilines is 1. The number of para-hydroxylation sites is 1. The van der Waals surface area contributed by atoms with E-state index < -0.39 is 30.0 Å². The van der Waals surface area contributed by atoms with Crippen molar-refractivity contribution in [2.45, 2.75) is 64.5 Å². The molecular formula is C22H31NO6. The zero-order valence-electron chi connectivity index (χ0n) is 17.2. The van der Waals surface area contributed by atoms with E-state index in [9.17, 15) is 14.4 Å². The van der Waals surface area contributed by atoms with Crippen molar-refractivity contribution in [3.8, 4) is 0 Å². The number of unbranched alkanes of at least 4 members (excludes halogenated alkanes) is 2. The summed E-state index contributed by atoms with van der Waals surface area (Å²) in [7, 11) is 0. The first-order chi connectivity index (χ1) is 14.1. The number of carbonyl (C=O) groups is 3. The highest BCUT2D eigenvalue weighted by molar-refractivity contribution is 5.96. The van der Waals surface area contributed by atoms with Crippen molar-refractivity contribution in [3.05, 3.63) is 30.3 Å². The molecule has 1 aliphatic rings. The van der Waals surface area contributed by atoms with Gasteiger partial charge in [-0.15, -0.1) is 0 Å². The third-order valence-electron chi connectivity index (χ3n) is 4.84. The lowest BCUT2D eigenvalue weighted by Gasteiger charge is -2.40. The highest BCUT2D eigenvalue weighted by Crippen LogP contribution is 2.31. The summed E-state index contributed by atoms with van der Waals surface area (Å²) >= 11 is 0. The third kappa shape index (κ3) is 6.56. The topological polar surface area (TPSA) is 82.1 Å². The first kappa shape index (κ1) is 22.9. The van der Waals surface area contributed by atoms with Gasteiger partial charge in [-0.1, -0.05) is 44.9 Å². The molecule has 160 valence electrons. The fourth-order valence-corrected chi connectivity index (χ4v) is 3.18. The van der Waals surface area contributed by atoms with Crippen molar-refractivity contribution in [1.29, 1.82) is 0 Å². The van der Waals surface area contributed by atoms with Gasteiger partial charge in [-0.25, -0.2) is 5.06 Å². The van der Waals surface area contributed by atoms with Crippen LogP contribution >= 0.6 is 0 Å². The highest BCUT2D eigenvalue weighted by atomic mass is 16.7. The summed E-state index contributed by atoms with van der Waals surface area (Å²) in [5.41, 5.74) is 0.664. The van der Waals surface area contributed by atoms with Crippen molar-refractivity contribution < 1.29 is 28.7 Å². The molecule has 0 amide bonds. The SMILES string of the molecule is CCCCOC(=O)C(C(=O)OCCCC)[C@H]1CC[C@H](C=O)ON1c1ccccc1. The van der Waals surface area contributed by atoms with Crippen LogP contribution in [0.3, 0.4) is 0 Å².